The lowest BCUT2D eigenvalue weighted by Gasteiger charge is -2.23. The number of aliphatic carboxylic acids is 1. The molecule has 0 bridgehead atoms. The van der Waals surface area contributed by atoms with Gasteiger partial charge in [-0.15, -0.1) is 0 Å². The summed E-state index contributed by atoms with van der Waals surface area (Å²) in [7, 11) is 0. The summed E-state index contributed by atoms with van der Waals surface area (Å²) in [6.45, 7) is 3.30. The molecule has 1 unspecified atom stereocenters. The van der Waals surface area contributed by atoms with Gasteiger partial charge in [0.05, 0.1) is 41.3 Å². The number of piperidine rings is 1. The van der Waals surface area contributed by atoms with Crippen LogP contribution in [0.25, 0.3) is 0 Å². The molecule has 162 valence electrons. The first-order valence-electron chi connectivity index (χ1n) is 9.83. The number of benzene rings is 1. The SMILES string of the molecule is Clc1ccc([C@@]23C[NH2+]C[C@@H]2C3COC2CCCCC2)cc1Cl.O=C([O-])C(F)(F)F. The maximum absolute atomic E-state index is 10.5. The number of carbonyl (C=O) groups is 1. The second kappa shape index (κ2) is 9.00. The van der Waals surface area contributed by atoms with E-state index in [2.05, 4.69) is 17.4 Å². The molecule has 4 rings (SSSR count). The molecular weight excluding hydrogens is 430 g/mol. The molecule has 3 fully saturated rings. The molecule has 0 radical (unpaired) electrons. The van der Waals surface area contributed by atoms with Gasteiger partial charge < -0.3 is 20.0 Å². The first-order chi connectivity index (χ1) is 13.7. The topological polar surface area (TPSA) is 66.0 Å². The lowest BCUT2D eigenvalue weighted by atomic mass is 9.93. The molecule has 1 aromatic rings. The summed E-state index contributed by atoms with van der Waals surface area (Å²) in [6, 6.07) is 6.19. The number of alkyl halides is 3. The lowest BCUT2D eigenvalue weighted by molar-refractivity contribution is -0.646. The van der Waals surface area contributed by atoms with Crippen molar-refractivity contribution >= 4 is 29.2 Å². The molecule has 1 aliphatic heterocycles. The van der Waals surface area contributed by atoms with Gasteiger partial charge >= 0.3 is 6.18 Å². The van der Waals surface area contributed by atoms with Crippen LogP contribution in [0.1, 0.15) is 37.7 Å². The minimum Gasteiger partial charge on any atom is -0.542 e. The van der Waals surface area contributed by atoms with Crippen molar-refractivity contribution in [1.82, 2.24) is 0 Å². The molecule has 0 aromatic heterocycles. The Balaban J connectivity index is 0.000000298. The van der Waals surface area contributed by atoms with Gasteiger partial charge in [0.15, 0.2) is 0 Å². The van der Waals surface area contributed by atoms with Gasteiger partial charge in [-0.1, -0.05) is 48.5 Å². The van der Waals surface area contributed by atoms with Crippen LogP contribution in [-0.4, -0.2) is 37.9 Å². The maximum Gasteiger partial charge on any atom is 0.430 e. The van der Waals surface area contributed by atoms with Crippen molar-refractivity contribution in [2.45, 2.75) is 49.8 Å². The van der Waals surface area contributed by atoms with E-state index in [9.17, 15) is 13.2 Å². The Morgan fingerprint density at radius 2 is 1.86 bits per heavy atom. The minimum absolute atomic E-state index is 0.281. The van der Waals surface area contributed by atoms with E-state index in [0.717, 1.165) is 19.1 Å². The highest BCUT2D eigenvalue weighted by Crippen LogP contribution is 2.61. The quantitative estimate of drug-likeness (QED) is 0.761. The highest BCUT2D eigenvalue weighted by molar-refractivity contribution is 6.42. The number of carbonyl (C=O) groups excluding carboxylic acids is 1. The van der Waals surface area contributed by atoms with Crippen LogP contribution >= 0.6 is 23.2 Å². The van der Waals surface area contributed by atoms with E-state index in [4.69, 9.17) is 37.8 Å². The van der Waals surface area contributed by atoms with Gasteiger partial charge in [0.25, 0.3) is 0 Å². The fourth-order valence-electron chi connectivity index (χ4n) is 4.85. The van der Waals surface area contributed by atoms with Crippen molar-refractivity contribution in [3.05, 3.63) is 33.8 Å². The van der Waals surface area contributed by atoms with Crippen LogP contribution in [0.15, 0.2) is 18.2 Å². The molecule has 2 N–H and O–H groups in total. The zero-order valence-electron chi connectivity index (χ0n) is 15.8. The third kappa shape index (κ3) is 5.01. The lowest BCUT2D eigenvalue weighted by Crippen LogP contribution is -2.83. The van der Waals surface area contributed by atoms with Crippen molar-refractivity contribution in [1.29, 1.82) is 0 Å². The van der Waals surface area contributed by atoms with Crippen molar-refractivity contribution in [2.24, 2.45) is 11.8 Å². The molecule has 2 saturated carbocycles. The number of halogens is 5. The van der Waals surface area contributed by atoms with Crippen LogP contribution in [0.5, 0.6) is 0 Å². The van der Waals surface area contributed by atoms with E-state index in [1.165, 1.54) is 44.2 Å². The predicted molar refractivity (Wildman–Crippen MR) is 101 cm³/mol. The first kappa shape index (κ1) is 22.7. The summed E-state index contributed by atoms with van der Waals surface area (Å²) >= 11 is 12.3. The second-order valence-corrected chi connectivity index (χ2v) is 8.80. The molecule has 1 aromatic carbocycles. The van der Waals surface area contributed by atoms with Gasteiger partial charge in [0, 0.05) is 11.8 Å². The summed E-state index contributed by atoms with van der Waals surface area (Å²) in [5.74, 6) is -1.60. The van der Waals surface area contributed by atoms with Crippen LogP contribution in [0, 0.1) is 11.8 Å². The van der Waals surface area contributed by atoms with E-state index in [0.29, 0.717) is 22.1 Å². The number of rotatable bonds is 4. The second-order valence-electron chi connectivity index (χ2n) is 7.99. The van der Waals surface area contributed by atoms with Gasteiger partial charge in [0.2, 0.25) is 0 Å². The molecule has 3 atom stereocenters. The van der Waals surface area contributed by atoms with E-state index >= 15 is 0 Å². The molecule has 29 heavy (non-hydrogen) atoms. The molecular formula is C20H24Cl2F3NO3. The van der Waals surface area contributed by atoms with Gasteiger partial charge in [-0.2, -0.15) is 13.2 Å². The molecule has 0 spiro atoms. The molecule has 2 aliphatic carbocycles. The maximum atomic E-state index is 10.5. The molecule has 9 heteroatoms. The van der Waals surface area contributed by atoms with Crippen molar-refractivity contribution in [3.63, 3.8) is 0 Å². The number of ether oxygens (including phenoxy) is 1. The Labute approximate surface area is 177 Å². The van der Waals surface area contributed by atoms with Crippen LogP contribution in [-0.2, 0) is 14.9 Å². The highest BCUT2D eigenvalue weighted by atomic mass is 35.5. The summed E-state index contributed by atoms with van der Waals surface area (Å²) in [4.78, 5) is 8.78. The highest BCUT2D eigenvalue weighted by Gasteiger charge is 2.70. The summed E-state index contributed by atoms with van der Waals surface area (Å²) in [5.41, 5.74) is 1.64. The number of carboxylic acid groups (broad SMARTS) is 1. The molecule has 1 saturated heterocycles. The Bertz CT molecular complexity index is 740. The van der Waals surface area contributed by atoms with Crippen molar-refractivity contribution in [2.75, 3.05) is 19.7 Å². The van der Waals surface area contributed by atoms with Gasteiger partial charge in [0.1, 0.15) is 5.97 Å². The van der Waals surface area contributed by atoms with E-state index in [1.54, 1.807) is 0 Å². The Morgan fingerprint density at radius 3 is 2.45 bits per heavy atom. The predicted octanol–water partition coefficient (Wildman–Crippen LogP) is 2.70. The molecule has 1 heterocycles. The normalized spacial score (nSPS) is 29.0. The number of hydrogen-bond donors (Lipinski definition) is 1. The number of nitrogens with two attached hydrogens (primary N) is 1. The first-order valence-corrected chi connectivity index (χ1v) is 10.6. The smallest absolute Gasteiger partial charge is 0.430 e. The third-order valence-corrected chi connectivity index (χ3v) is 7.09. The fraction of sp³-hybridized carbons (Fsp3) is 0.650. The standard InChI is InChI=1S/C18H23Cl2NO.C2HF3O2/c19-16-7-6-12(8-17(16)20)18-11-21-9-14(18)15(18)10-22-13-4-2-1-3-5-13;3-2(4,5)1(6)7/h6-8,13-15,21H,1-5,9-11H2;(H,6,7)/t14-,15?,18+;/m1./s1. The molecule has 4 nitrogen and oxygen atoms in total. The number of carboxylic acids is 1. The van der Waals surface area contributed by atoms with E-state index < -0.39 is 12.1 Å². The van der Waals surface area contributed by atoms with Gasteiger partial charge in [-0.25, -0.2) is 0 Å². The average Bonchev–Trinajstić information content (AvgIpc) is 3.06. The van der Waals surface area contributed by atoms with Crippen LogP contribution in [0.4, 0.5) is 13.2 Å². The average molecular weight is 454 g/mol. The van der Waals surface area contributed by atoms with Crippen LogP contribution < -0.4 is 10.4 Å². The van der Waals surface area contributed by atoms with Crippen molar-refractivity contribution < 1.29 is 33.1 Å². The van der Waals surface area contributed by atoms with E-state index in [-0.39, 0.29) is 5.41 Å². The summed E-state index contributed by atoms with van der Waals surface area (Å²) in [6.07, 6.45) is 1.88. The van der Waals surface area contributed by atoms with E-state index in [1.807, 2.05) is 6.07 Å². The fourth-order valence-corrected chi connectivity index (χ4v) is 5.15. The molecule has 0 amide bonds. The van der Waals surface area contributed by atoms with Gasteiger partial charge in [-0.05, 0) is 30.5 Å². The third-order valence-electron chi connectivity index (χ3n) is 6.35. The Hall–Kier alpha value is -1.02. The molecule has 3 aliphatic rings. The Kier molecular flexibility index (Phi) is 7.03. The minimum atomic E-state index is -5.19. The number of fused-ring (bicyclic) bond motifs is 1. The van der Waals surface area contributed by atoms with Crippen LogP contribution in [0.2, 0.25) is 10.0 Å². The monoisotopic (exact) mass is 453 g/mol. The van der Waals surface area contributed by atoms with Crippen LogP contribution in [0.3, 0.4) is 0 Å². The number of quaternary nitrogens is 1. The summed E-state index contributed by atoms with van der Waals surface area (Å²) in [5, 5.41) is 12.5. The zero-order valence-corrected chi connectivity index (χ0v) is 17.3. The largest absolute Gasteiger partial charge is 0.542 e. The zero-order chi connectivity index (χ0) is 21.2. The summed E-state index contributed by atoms with van der Waals surface area (Å²) < 4.78 is 37.8. The van der Waals surface area contributed by atoms with Crippen molar-refractivity contribution in [3.8, 4) is 0 Å². The number of hydrogen-bond acceptors (Lipinski definition) is 3. The van der Waals surface area contributed by atoms with Gasteiger partial charge in [-0.3, -0.25) is 0 Å². The Morgan fingerprint density at radius 1 is 1.21 bits per heavy atom.